The van der Waals surface area contributed by atoms with Crippen molar-refractivity contribution < 1.29 is 9.90 Å². The van der Waals surface area contributed by atoms with Gasteiger partial charge in [-0.1, -0.05) is 13.8 Å². The lowest BCUT2D eigenvalue weighted by Crippen LogP contribution is -2.38. The van der Waals surface area contributed by atoms with Crippen LogP contribution >= 0.6 is 0 Å². The van der Waals surface area contributed by atoms with Crippen LogP contribution in [0.4, 0.5) is 5.69 Å². The third-order valence-electron chi connectivity index (χ3n) is 4.04. The maximum Gasteiger partial charge on any atom is 0.335 e. The SMILES string of the molecule is CC1CCN(c2ccc(C(=O)O)cc2C#N)CC1C. The summed E-state index contributed by atoms with van der Waals surface area (Å²) in [5.74, 6) is 0.281. The molecule has 2 atom stereocenters. The zero-order valence-electron chi connectivity index (χ0n) is 11.3. The van der Waals surface area contributed by atoms with Crippen LogP contribution in [0.5, 0.6) is 0 Å². The molecule has 0 saturated carbocycles. The fourth-order valence-electron chi connectivity index (χ4n) is 2.52. The molecule has 0 bridgehead atoms. The van der Waals surface area contributed by atoms with Crippen LogP contribution in [0.2, 0.25) is 0 Å². The minimum Gasteiger partial charge on any atom is -0.478 e. The van der Waals surface area contributed by atoms with Crippen LogP contribution < -0.4 is 4.90 Å². The average molecular weight is 258 g/mol. The molecule has 0 aromatic heterocycles. The van der Waals surface area contributed by atoms with Crippen molar-refractivity contribution >= 4 is 11.7 Å². The van der Waals surface area contributed by atoms with Crippen LogP contribution in [0, 0.1) is 23.2 Å². The number of benzene rings is 1. The smallest absolute Gasteiger partial charge is 0.335 e. The molecule has 100 valence electrons. The van der Waals surface area contributed by atoms with E-state index < -0.39 is 5.97 Å². The van der Waals surface area contributed by atoms with E-state index in [9.17, 15) is 10.1 Å². The molecule has 1 N–H and O–H groups in total. The summed E-state index contributed by atoms with van der Waals surface area (Å²) >= 11 is 0. The number of carbonyl (C=O) groups is 1. The zero-order valence-corrected chi connectivity index (χ0v) is 11.3. The summed E-state index contributed by atoms with van der Waals surface area (Å²) in [6, 6.07) is 6.89. The minimum atomic E-state index is -0.997. The summed E-state index contributed by atoms with van der Waals surface area (Å²) in [6.45, 7) is 6.31. The molecule has 1 fully saturated rings. The van der Waals surface area contributed by atoms with Crippen molar-refractivity contribution in [2.45, 2.75) is 20.3 Å². The second kappa shape index (κ2) is 5.31. The Kier molecular flexibility index (Phi) is 3.75. The summed E-state index contributed by atoms with van der Waals surface area (Å²) in [4.78, 5) is 13.1. The summed E-state index contributed by atoms with van der Waals surface area (Å²) in [6.07, 6.45) is 1.10. The van der Waals surface area contributed by atoms with Gasteiger partial charge in [0.15, 0.2) is 0 Å². The molecule has 1 aliphatic rings. The highest BCUT2D eigenvalue weighted by Crippen LogP contribution is 2.29. The topological polar surface area (TPSA) is 64.3 Å². The van der Waals surface area contributed by atoms with Gasteiger partial charge in [0.2, 0.25) is 0 Å². The first kappa shape index (κ1) is 13.4. The molecule has 2 rings (SSSR count). The summed E-state index contributed by atoms with van der Waals surface area (Å²) in [5.41, 5.74) is 1.46. The van der Waals surface area contributed by atoms with E-state index >= 15 is 0 Å². The number of nitrogens with zero attached hydrogens (tertiary/aromatic N) is 2. The Hall–Kier alpha value is -2.02. The maximum atomic E-state index is 10.9. The molecule has 19 heavy (non-hydrogen) atoms. The minimum absolute atomic E-state index is 0.165. The predicted octanol–water partition coefficient (Wildman–Crippen LogP) is 2.74. The van der Waals surface area contributed by atoms with Crippen LogP contribution in [0.25, 0.3) is 0 Å². The van der Waals surface area contributed by atoms with Crippen LogP contribution in [-0.4, -0.2) is 24.2 Å². The number of carboxylic acids is 1. The molecule has 4 nitrogen and oxygen atoms in total. The van der Waals surface area contributed by atoms with Gasteiger partial charge in [-0.2, -0.15) is 5.26 Å². The highest BCUT2D eigenvalue weighted by atomic mass is 16.4. The van der Waals surface area contributed by atoms with Crippen molar-refractivity contribution in [3.63, 3.8) is 0 Å². The van der Waals surface area contributed by atoms with Gasteiger partial charge in [0.1, 0.15) is 6.07 Å². The Morgan fingerprint density at radius 1 is 1.42 bits per heavy atom. The standard InChI is InChI=1S/C15H18N2O2/c1-10-5-6-17(9-11(10)2)14-4-3-12(15(18)19)7-13(14)8-16/h3-4,7,10-11H,5-6,9H2,1-2H3,(H,18,19). The predicted molar refractivity (Wildman–Crippen MR) is 73.3 cm³/mol. The number of nitriles is 1. The van der Waals surface area contributed by atoms with Gasteiger partial charge in [-0.05, 0) is 36.5 Å². The fourth-order valence-corrected chi connectivity index (χ4v) is 2.52. The van der Waals surface area contributed by atoms with Gasteiger partial charge in [-0.3, -0.25) is 0 Å². The Balaban J connectivity index is 2.30. The Labute approximate surface area is 113 Å². The third-order valence-corrected chi connectivity index (χ3v) is 4.04. The summed E-state index contributed by atoms with van der Waals surface area (Å²) < 4.78 is 0. The molecule has 0 spiro atoms. The van der Waals surface area contributed by atoms with E-state index in [1.807, 2.05) is 0 Å². The van der Waals surface area contributed by atoms with Crippen molar-refractivity contribution in [1.29, 1.82) is 5.26 Å². The molecule has 1 aliphatic heterocycles. The van der Waals surface area contributed by atoms with Gasteiger partial charge in [0.25, 0.3) is 0 Å². The molecule has 1 heterocycles. The van der Waals surface area contributed by atoms with E-state index in [0.717, 1.165) is 25.2 Å². The van der Waals surface area contributed by atoms with Gasteiger partial charge in [-0.25, -0.2) is 4.79 Å². The van der Waals surface area contributed by atoms with Gasteiger partial charge in [0.05, 0.1) is 16.8 Å². The Morgan fingerprint density at radius 2 is 2.16 bits per heavy atom. The molecular weight excluding hydrogens is 240 g/mol. The molecule has 4 heteroatoms. The maximum absolute atomic E-state index is 10.9. The van der Waals surface area contributed by atoms with Crippen LogP contribution in [0.1, 0.15) is 36.2 Å². The van der Waals surface area contributed by atoms with Crippen molar-refractivity contribution in [1.82, 2.24) is 0 Å². The van der Waals surface area contributed by atoms with Gasteiger partial charge in [-0.15, -0.1) is 0 Å². The Bertz CT molecular complexity index is 533. The second-order valence-electron chi connectivity index (χ2n) is 5.34. The van der Waals surface area contributed by atoms with Crippen molar-refractivity contribution in [2.24, 2.45) is 11.8 Å². The number of hydrogen-bond acceptors (Lipinski definition) is 3. The molecule has 2 unspecified atom stereocenters. The van der Waals surface area contributed by atoms with E-state index in [2.05, 4.69) is 24.8 Å². The van der Waals surface area contributed by atoms with E-state index in [0.29, 0.717) is 17.4 Å². The number of aromatic carboxylic acids is 1. The summed E-state index contributed by atoms with van der Waals surface area (Å²) in [7, 11) is 0. The molecule has 0 radical (unpaired) electrons. The first-order valence-electron chi connectivity index (χ1n) is 6.55. The quantitative estimate of drug-likeness (QED) is 0.885. The lowest BCUT2D eigenvalue weighted by atomic mass is 9.88. The van der Waals surface area contributed by atoms with E-state index in [-0.39, 0.29) is 5.56 Å². The lowest BCUT2D eigenvalue weighted by Gasteiger charge is -2.37. The van der Waals surface area contributed by atoms with Crippen LogP contribution in [-0.2, 0) is 0 Å². The van der Waals surface area contributed by atoms with E-state index in [1.165, 1.54) is 6.07 Å². The normalized spacial score (nSPS) is 22.9. The molecule has 1 aromatic rings. The molecule has 0 aliphatic carbocycles. The molecule has 1 saturated heterocycles. The average Bonchev–Trinajstić information content (AvgIpc) is 2.41. The second-order valence-corrected chi connectivity index (χ2v) is 5.34. The molecular formula is C15H18N2O2. The first-order chi connectivity index (χ1) is 9.02. The number of carboxylic acid groups (broad SMARTS) is 1. The van der Waals surface area contributed by atoms with Crippen LogP contribution in [0.3, 0.4) is 0 Å². The van der Waals surface area contributed by atoms with Crippen molar-refractivity contribution in [3.8, 4) is 6.07 Å². The van der Waals surface area contributed by atoms with Gasteiger partial charge < -0.3 is 10.0 Å². The fraction of sp³-hybridized carbons (Fsp3) is 0.467. The van der Waals surface area contributed by atoms with E-state index in [4.69, 9.17) is 5.11 Å². The lowest BCUT2D eigenvalue weighted by molar-refractivity contribution is 0.0697. The van der Waals surface area contributed by atoms with Gasteiger partial charge >= 0.3 is 5.97 Å². The Morgan fingerprint density at radius 3 is 2.74 bits per heavy atom. The number of hydrogen-bond donors (Lipinski definition) is 1. The highest BCUT2D eigenvalue weighted by molar-refractivity contribution is 5.89. The number of piperidine rings is 1. The zero-order chi connectivity index (χ0) is 14.0. The van der Waals surface area contributed by atoms with E-state index in [1.54, 1.807) is 12.1 Å². The summed E-state index contributed by atoms with van der Waals surface area (Å²) in [5, 5.41) is 18.2. The largest absolute Gasteiger partial charge is 0.478 e. The first-order valence-corrected chi connectivity index (χ1v) is 6.55. The number of anilines is 1. The van der Waals surface area contributed by atoms with Crippen molar-refractivity contribution in [2.75, 3.05) is 18.0 Å². The molecule has 1 aromatic carbocycles. The molecule has 0 amide bonds. The monoisotopic (exact) mass is 258 g/mol. The number of rotatable bonds is 2. The third kappa shape index (κ3) is 2.70. The van der Waals surface area contributed by atoms with Crippen molar-refractivity contribution in [3.05, 3.63) is 29.3 Å². The highest BCUT2D eigenvalue weighted by Gasteiger charge is 2.24. The van der Waals surface area contributed by atoms with Crippen LogP contribution in [0.15, 0.2) is 18.2 Å². The van der Waals surface area contributed by atoms with Gasteiger partial charge in [0, 0.05) is 13.1 Å².